The van der Waals surface area contributed by atoms with Gasteiger partial charge in [-0.25, -0.2) is 0 Å². The zero-order valence-corrected chi connectivity index (χ0v) is 17.5. The van der Waals surface area contributed by atoms with Gasteiger partial charge in [0.25, 0.3) is 11.8 Å². The van der Waals surface area contributed by atoms with Gasteiger partial charge in [-0.3, -0.25) is 14.4 Å². The summed E-state index contributed by atoms with van der Waals surface area (Å²) in [6.07, 6.45) is 4.24. The van der Waals surface area contributed by atoms with Gasteiger partial charge in [0, 0.05) is 13.1 Å². The molecule has 1 aromatic rings. The van der Waals surface area contributed by atoms with E-state index >= 15 is 0 Å². The minimum atomic E-state index is -0.944. The third-order valence-electron chi connectivity index (χ3n) is 5.79. The summed E-state index contributed by atoms with van der Waals surface area (Å²) in [5.74, 6) is -1.16. The van der Waals surface area contributed by atoms with Crippen LogP contribution in [0.1, 0.15) is 61.5 Å². The van der Waals surface area contributed by atoms with Crippen molar-refractivity contribution in [2.45, 2.75) is 63.5 Å². The molecule has 2 amide bonds. The van der Waals surface area contributed by atoms with Crippen LogP contribution in [0.25, 0.3) is 0 Å². The standard InChI is InChI=1S/C21H27N3O4S/c1-15(18(25)23-21(14-22)9-3-2-4-10-21)28-20(27)16-7-11-24(12-8-16)19(26)17-6-5-13-29-17/h5-6,13,15-16H,2-4,7-12H2,1H3,(H,23,25)/t15-/m0/s1. The highest BCUT2D eigenvalue weighted by molar-refractivity contribution is 7.12. The average molecular weight is 418 g/mol. The van der Waals surface area contributed by atoms with E-state index in [1.54, 1.807) is 11.0 Å². The first kappa shape index (κ1) is 21.3. The van der Waals surface area contributed by atoms with E-state index < -0.39 is 23.5 Å². The molecule has 2 heterocycles. The molecule has 1 saturated carbocycles. The number of rotatable bonds is 5. The van der Waals surface area contributed by atoms with Gasteiger partial charge >= 0.3 is 5.97 Å². The van der Waals surface area contributed by atoms with Crippen molar-refractivity contribution in [2.75, 3.05) is 13.1 Å². The van der Waals surface area contributed by atoms with Gasteiger partial charge < -0.3 is 15.0 Å². The monoisotopic (exact) mass is 417 g/mol. The second-order valence-corrected chi connectivity index (χ2v) is 8.81. The van der Waals surface area contributed by atoms with Crippen molar-refractivity contribution in [2.24, 2.45) is 5.92 Å². The van der Waals surface area contributed by atoms with E-state index in [0.29, 0.717) is 43.6 Å². The van der Waals surface area contributed by atoms with E-state index in [0.717, 1.165) is 19.3 Å². The number of thiophene rings is 1. The number of likely N-dealkylation sites (tertiary alicyclic amines) is 1. The number of hydrogen-bond acceptors (Lipinski definition) is 6. The Labute approximate surface area is 175 Å². The molecule has 2 aliphatic rings. The minimum Gasteiger partial charge on any atom is -0.452 e. The molecule has 1 aliphatic carbocycles. The molecule has 3 rings (SSSR count). The smallest absolute Gasteiger partial charge is 0.309 e. The van der Waals surface area contributed by atoms with Gasteiger partial charge in [0.2, 0.25) is 0 Å². The van der Waals surface area contributed by atoms with Gasteiger partial charge in [0.1, 0.15) is 5.54 Å². The van der Waals surface area contributed by atoms with Gasteiger partial charge in [-0.15, -0.1) is 11.3 Å². The molecular weight excluding hydrogens is 390 g/mol. The van der Waals surface area contributed by atoms with Crippen LogP contribution >= 0.6 is 11.3 Å². The number of ether oxygens (including phenoxy) is 1. The fraction of sp³-hybridized carbons (Fsp3) is 0.619. The molecule has 0 spiro atoms. The van der Waals surface area contributed by atoms with E-state index in [-0.39, 0.29) is 11.8 Å². The number of amides is 2. The van der Waals surface area contributed by atoms with E-state index in [9.17, 15) is 19.6 Å². The van der Waals surface area contributed by atoms with Gasteiger partial charge in [0.15, 0.2) is 6.10 Å². The summed E-state index contributed by atoms with van der Waals surface area (Å²) < 4.78 is 5.39. The van der Waals surface area contributed by atoms with Crippen LogP contribution < -0.4 is 5.32 Å². The van der Waals surface area contributed by atoms with Crippen molar-refractivity contribution in [1.29, 1.82) is 5.26 Å². The maximum atomic E-state index is 12.5. The Morgan fingerprint density at radius 1 is 1.28 bits per heavy atom. The number of carbonyl (C=O) groups is 3. The van der Waals surface area contributed by atoms with Crippen LogP contribution in [0.15, 0.2) is 17.5 Å². The van der Waals surface area contributed by atoms with Crippen molar-refractivity contribution >= 4 is 29.1 Å². The highest BCUT2D eigenvalue weighted by atomic mass is 32.1. The zero-order valence-electron chi connectivity index (χ0n) is 16.7. The highest BCUT2D eigenvalue weighted by Gasteiger charge is 2.36. The summed E-state index contributed by atoms with van der Waals surface area (Å²) in [5.41, 5.74) is -0.844. The van der Waals surface area contributed by atoms with Crippen LogP contribution in [0.5, 0.6) is 0 Å². The minimum absolute atomic E-state index is 0.00570. The third kappa shape index (κ3) is 5.15. The van der Waals surface area contributed by atoms with Crippen LogP contribution in [0, 0.1) is 17.2 Å². The molecular formula is C21H27N3O4S. The lowest BCUT2D eigenvalue weighted by Gasteiger charge is -2.33. The van der Waals surface area contributed by atoms with Crippen LogP contribution in [-0.4, -0.2) is 47.4 Å². The topological polar surface area (TPSA) is 99.5 Å². The van der Waals surface area contributed by atoms with Crippen molar-refractivity contribution in [1.82, 2.24) is 10.2 Å². The molecule has 156 valence electrons. The van der Waals surface area contributed by atoms with E-state index in [1.807, 2.05) is 11.4 Å². The molecule has 1 N–H and O–H groups in total. The second-order valence-electron chi connectivity index (χ2n) is 7.87. The Hall–Kier alpha value is -2.40. The molecule has 8 heteroatoms. The number of nitrogens with zero attached hydrogens (tertiary/aromatic N) is 2. The lowest BCUT2D eigenvalue weighted by atomic mass is 9.82. The van der Waals surface area contributed by atoms with Gasteiger partial charge in [-0.1, -0.05) is 25.3 Å². The number of nitriles is 1. The molecule has 0 unspecified atom stereocenters. The summed E-state index contributed by atoms with van der Waals surface area (Å²) in [6.45, 7) is 2.53. The molecule has 0 radical (unpaired) electrons. The second kappa shape index (κ2) is 9.40. The Balaban J connectivity index is 1.47. The molecule has 1 aromatic heterocycles. The maximum absolute atomic E-state index is 12.5. The zero-order chi connectivity index (χ0) is 20.9. The Kier molecular flexibility index (Phi) is 6.91. The molecule has 29 heavy (non-hydrogen) atoms. The normalized spacial score (nSPS) is 20.3. The maximum Gasteiger partial charge on any atom is 0.309 e. The number of piperidine rings is 1. The Morgan fingerprint density at radius 2 is 1.97 bits per heavy atom. The molecule has 7 nitrogen and oxygen atoms in total. The summed E-state index contributed by atoms with van der Waals surface area (Å²) in [6, 6.07) is 5.88. The molecule has 2 fully saturated rings. The van der Waals surface area contributed by atoms with Crippen molar-refractivity contribution in [3.63, 3.8) is 0 Å². The fourth-order valence-electron chi connectivity index (χ4n) is 3.96. The van der Waals surface area contributed by atoms with Crippen molar-refractivity contribution in [3.8, 4) is 6.07 Å². The van der Waals surface area contributed by atoms with Gasteiger partial charge in [-0.05, 0) is 44.1 Å². The van der Waals surface area contributed by atoms with Crippen LogP contribution in [0.3, 0.4) is 0 Å². The highest BCUT2D eigenvalue weighted by Crippen LogP contribution is 2.28. The Morgan fingerprint density at radius 3 is 2.55 bits per heavy atom. The molecule has 1 atom stereocenters. The molecule has 0 aromatic carbocycles. The average Bonchev–Trinajstić information content (AvgIpc) is 3.28. The summed E-state index contributed by atoms with van der Waals surface area (Å²) in [5, 5.41) is 14.2. The Bertz CT molecular complexity index is 772. The SMILES string of the molecule is C[C@H](OC(=O)C1CCN(C(=O)c2cccs2)CC1)C(=O)NC1(C#N)CCCCC1. The first-order chi connectivity index (χ1) is 13.9. The van der Waals surface area contributed by atoms with Crippen LogP contribution in [0.2, 0.25) is 0 Å². The van der Waals surface area contributed by atoms with E-state index in [1.165, 1.54) is 18.3 Å². The first-order valence-electron chi connectivity index (χ1n) is 10.2. The lowest BCUT2D eigenvalue weighted by Crippen LogP contribution is -2.52. The largest absolute Gasteiger partial charge is 0.452 e. The number of carbonyl (C=O) groups excluding carboxylic acids is 3. The van der Waals surface area contributed by atoms with Crippen LogP contribution in [-0.2, 0) is 14.3 Å². The molecule has 1 saturated heterocycles. The summed E-state index contributed by atoms with van der Waals surface area (Å²) in [7, 11) is 0. The van der Waals surface area contributed by atoms with Gasteiger partial charge in [0.05, 0.1) is 16.9 Å². The van der Waals surface area contributed by atoms with E-state index in [4.69, 9.17) is 4.74 Å². The van der Waals surface area contributed by atoms with E-state index in [2.05, 4.69) is 11.4 Å². The van der Waals surface area contributed by atoms with Crippen molar-refractivity contribution < 1.29 is 19.1 Å². The number of nitrogens with one attached hydrogen (secondary N) is 1. The summed E-state index contributed by atoms with van der Waals surface area (Å²) in [4.78, 5) is 39.8. The number of hydrogen-bond donors (Lipinski definition) is 1. The lowest BCUT2D eigenvalue weighted by molar-refractivity contribution is -0.160. The summed E-state index contributed by atoms with van der Waals surface area (Å²) >= 11 is 1.41. The predicted molar refractivity (Wildman–Crippen MR) is 108 cm³/mol. The molecule has 0 bridgehead atoms. The number of esters is 1. The van der Waals surface area contributed by atoms with Crippen molar-refractivity contribution in [3.05, 3.63) is 22.4 Å². The van der Waals surface area contributed by atoms with Crippen LogP contribution in [0.4, 0.5) is 0 Å². The van der Waals surface area contributed by atoms with Gasteiger partial charge in [-0.2, -0.15) is 5.26 Å². The first-order valence-corrected chi connectivity index (χ1v) is 11.1. The predicted octanol–water partition coefficient (Wildman–Crippen LogP) is 2.87. The molecule has 1 aliphatic heterocycles. The quantitative estimate of drug-likeness (QED) is 0.743. The fourth-order valence-corrected chi connectivity index (χ4v) is 4.65. The third-order valence-corrected chi connectivity index (χ3v) is 6.65.